The number of hydrogen-bond acceptors (Lipinski definition) is 2. The monoisotopic (exact) mass is 249 g/mol. The molecule has 3 aromatic rings. The first kappa shape index (κ1) is 10.8. The summed E-state index contributed by atoms with van der Waals surface area (Å²) < 4.78 is 6.72. The third-order valence-corrected chi connectivity index (χ3v) is 3.30. The van der Waals surface area contributed by atoms with Gasteiger partial charge in [0, 0.05) is 0 Å². The van der Waals surface area contributed by atoms with E-state index in [-0.39, 0.29) is 0 Å². The zero-order valence-electron chi connectivity index (χ0n) is 11.3. The Balaban J connectivity index is 2.07. The van der Waals surface area contributed by atoms with E-state index in [4.69, 9.17) is 1.43 Å². The van der Waals surface area contributed by atoms with E-state index in [0.29, 0.717) is 5.46 Å². The van der Waals surface area contributed by atoms with Gasteiger partial charge in [-0.15, -0.1) is 0 Å². The molecule has 0 atom stereocenters. The number of hydrogen-bond donors (Lipinski definition) is 2. The first-order chi connectivity index (χ1) is 9.79. The molecule has 0 spiro atoms. The minimum atomic E-state index is -1.20. The molecule has 3 rings (SSSR count). The van der Waals surface area contributed by atoms with Crippen LogP contribution in [0.1, 0.15) is 0 Å². The lowest BCUT2D eigenvalue weighted by atomic mass is 9.79. The van der Waals surface area contributed by atoms with Crippen LogP contribution in [0.3, 0.4) is 0 Å². The summed E-state index contributed by atoms with van der Waals surface area (Å²) in [6.45, 7) is 0. The molecule has 0 radical (unpaired) electrons. The van der Waals surface area contributed by atoms with Crippen molar-refractivity contribution >= 4 is 23.4 Å². The Bertz CT molecular complexity index is 723. The van der Waals surface area contributed by atoms with Crippen LogP contribution < -0.4 is 5.46 Å². The van der Waals surface area contributed by atoms with E-state index in [1.54, 1.807) is 12.1 Å². The lowest BCUT2D eigenvalue weighted by Crippen LogP contribution is -2.29. The molecule has 19 heavy (non-hydrogen) atoms. The molecular formula is C16H13BO2. The van der Waals surface area contributed by atoms with Crippen LogP contribution in [-0.4, -0.2) is 18.6 Å². The van der Waals surface area contributed by atoms with Crippen LogP contribution in [0, 0.1) is 0 Å². The standard InChI is InChI=1S/C16H13BO2/c18-17(19)14-10-8-13(9-11-14)16-7-3-5-12-4-1-2-6-15(12)16/h1-11,18-19H/i18D. The maximum absolute atomic E-state index is 9.45. The molecule has 0 aliphatic rings. The molecule has 0 bridgehead atoms. The summed E-state index contributed by atoms with van der Waals surface area (Å²) in [6, 6.07) is 21.8. The Kier molecular flexibility index (Phi) is 2.77. The van der Waals surface area contributed by atoms with Crippen molar-refractivity contribution in [2.75, 3.05) is 0 Å². The average Bonchev–Trinajstić information content (AvgIpc) is 2.54. The Labute approximate surface area is 113 Å². The molecule has 0 saturated heterocycles. The fourth-order valence-electron chi connectivity index (χ4n) is 2.30. The Morgan fingerprint density at radius 2 is 1.58 bits per heavy atom. The second-order valence-corrected chi connectivity index (χ2v) is 4.50. The van der Waals surface area contributed by atoms with Gasteiger partial charge in [-0.05, 0) is 27.4 Å². The molecule has 0 aliphatic carbocycles. The third kappa shape index (κ3) is 2.26. The van der Waals surface area contributed by atoms with Gasteiger partial charge in [0.2, 0.25) is 0 Å². The molecule has 0 heterocycles. The van der Waals surface area contributed by atoms with Crippen LogP contribution >= 0.6 is 0 Å². The second kappa shape index (κ2) is 4.88. The highest BCUT2D eigenvalue weighted by molar-refractivity contribution is 6.58. The van der Waals surface area contributed by atoms with Gasteiger partial charge >= 0.3 is 7.12 Å². The Hall–Kier alpha value is -2.10. The molecule has 3 aromatic carbocycles. The molecule has 2 nitrogen and oxygen atoms in total. The summed E-state index contributed by atoms with van der Waals surface area (Å²) in [5.41, 5.74) is 2.79. The molecule has 0 fully saturated rings. The quantitative estimate of drug-likeness (QED) is 0.698. The van der Waals surface area contributed by atoms with Gasteiger partial charge in [0.15, 0.2) is 1.43 Å². The van der Waals surface area contributed by atoms with E-state index < -0.39 is 7.12 Å². The molecule has 3 heteroatoms. The highest BCUT2D eigenvalue weighted by Crippen LogP contribution is 2.27. The van der Waals surface area contributed by atoms with Gasteiger partial charge in [0.1, 0.15) is 0 Å². The van der Waals surface area contributed by atoms with Crippen LogP contribution in [0.4, 0.5) is 0 Å². The van der Waals surface area contributed by atoms with Gasteiger partial charge in [-0.3, -0.25) is 0 Å². The molecule has 2 N–H and O–H groups in total. The van der Waals surface area contributed by atoms with Crippen molar-refractivity contribution in [2.45, 2.75) is 0 Å². The van der Waals surface area contributed by atoms with Crippen LogP contribution in [0.15, 0.2) is 66.7 Å². The summed E-state index contributed by atoms with van der Waals surface area (Å²) in [5.74, 6) is 0. The van der Waals surface area contributed by atoms with Crippen molar-refractivity contribution in [3.8, 4) is 11.1 Å². The summed E-state index contributed by atoms with van der Waals surface area (Å²) in [6.07, 6.45) is 0. The predicted molar refractivity (Wildman–Crippen MR) is 79.2 cm³/mol. The molecule has 0 aromatic heterocycles. The van der Waals surface area contributed by atoms with Crippen molar-refractivity contribution in [1.82, 2.24) is 0 Å². The maximum atomic E-state index is 9.45. The summed E-state index contributed by atoms with van der Waals surface area (Å²) in [4.78, 5) is 0. The van der Waals surface area contributed by atoms with Crippen LogP contribution in [0.5, 0.6) is 0 Å². The highest BCUT2D eigenvalue weighted by atomic mass is 16.4. The van der Waals surface area contributed by atoms with E-state index >= 15 is 0 Å². The zero-order valence-corrected chi connectivity index (χ0v) is 10.3. The predicted octanol–water partition coefficient (Wildman–Crippen LogP) is 2.19. The lowest BCUT2D eigenvalue weighted by Gasteiger charge is -2.07. The number of fused-ring (bicyclic) bond motifs is 1. The molecular weight excluding hydrogens is 235 g/mol. The fraction of sp³-hybridized carbons (Fsp3) is 0. The highest BCUT2D eigenvalue weighted by Gasteiger charge is 2.10. The van der Waals surface area contributed by atoms with Crippen LogP contribution in [0.2, 0.25) is 0 Å². The van der Waals surface area contributed by atoms with Crippen LogP contribution in [-0.2, 0) is 0 Å². The smallest absolute Gasteiger partial charge is 0.423 e. The minimum absolute atomic E-state index is 0.573. The van der Waals surface area contributed by atoms with E-state index in [0.717, 1.165) is 11.1 Å². The van der Waals surface area contributed by atoms with E-state index in [1.165, 1.54) is 10.8 Å². The van der Waals surface area contributed by atoms with E-state index in [1.807, 2.05) is 30.3 Å². The summed E-state index contributed by atoms with van der Waals surface area (Å²) >= 11 is 0. The van der Waals surface area contributed by atoms with Gasteiger partial charge in [-0.2, -0.15) is 0 Å². The fourth-order valence-corrected chi connectivity index (χ4v) is 2.30. The van der Waals surface area contributed by atoms with Crippen molar-refractivity contribution in [2.24, 2.45) is 0 Å². The third-order valence-electron chi connectivity index (χ3n) is 3.30. The first-order valence-corrected chi connectivity index (χ1v) is 6.18. The number of benzene rings is 3. The molecule has 0 saturated carbocycles. The van der Waals surface area contributed by atoms with E-state index in [2.05, 4.69) is 29.3 Å². The number of rotatable bonds is 3. The van der Waals surface area contributed by atoms with Gasteiger partial charge in [0.05, 0.1) is 0 Å². The maximum Gasteiger partial charge on any atom is 0.488 e. The minimum Gasteiger partial charge on any atom is -0.423 e. The lowest BCUT2D eigenvalue weighted by molar-refractivity contribution is 0.426. The van der Waals surface area contributed by atoms with E-state index in [9.17, 15) is 5.02 Å². The van der Waals surface area contributed by atoms with Crippen molar-refractivity contribution in [3.63, 3.8) is 0 Å². The Morgan fingerprint density at radius 1 is 0.842 bits per heavy atom. The van der Waals surface area contributed by atoms with Crippen molar-refractivity contribution in [3.05, 3.63) is 66.7 Å². The molecule has 0 aliphatic heterocycles. The molecule has 92 valence electrons. The topological polar surface area (TPSA) is 40.5 Å². The van der Waals surface area contributed by atoms with Gasteiger partial charge in [-0.1, -0.05) is 66.7 Å². The normalized spacial score (nSPS) is 11.3. The van der Waals surface area contributed by atoms with Crippen molar-refractivity contribution in [1.29, 1.82) is 1.43 Å². The summed E-state index contributed by atoms with van der Waals surface area (Å²) in [7, 11) is -1.20. The van der Waals surface area contributed by atoms with Gasteiger partial charge in [0.25, 0.3) is 0 Å². The largest absolute Gasteiger partial charge is 0.488 e. The summed E-state index contributed by atoms with van der Waals surface area (Å²) in [5, 5.41) is 16.0. The average molecular weight is 249 g/mol. The SMILES string of the molecule is [2H]OB(O)c1ccc(-c2cccc3ccccc23)cc1. The second-order valence-electron chi connectivity index (χ2n) is 4.50. The zero-order chi connectivity index (χ0) is 13.9. The van der Waals surface area contributed by atoms with Gasteiger partial charge < -0.3 is 10.1 Å². The Morgan fingerprint density at radius 3 is 2.37 bits per heavy atom. The molecule has 0 unspecified atom stereocenters. The van der Waals surface area contributed by atoms with Gasteiger partial charge in [-0.25, -0.2) is 0 Å². The van der Waals surface area contributed by atoms with Crippen molar-refractivity contribution < 1.29 is 10.1 Å². The van der Waals surface area contributed by atoms with Crippen LogP contribution in [0.25, 0.3) is 21.9 Å². The first-order valence-electron chi connectivity index (χ1n) is 6.58. The molecule has 0 amide bonds.